The zero-order chi connectivity index (χ0) is 15.4. The summed E-state index contributed by atoms with van der Waals surface area (Å²) in [5.74, 6) is 0.612. The first-order valence-electron chi connectivity index (χ1n) is 7.02. The van der Waals surface area contributed by atoms with E-state index in [0.717, 1.165) is 11.1 Å². The summed E-state index contributed by atoms with van der Waals surface area (Å²) in [6.45, 7) is 1.34. The summed E-state index contributed by atoms with van der Waals surface area (Å²) in [4.78, 5) is 18.2. The van der Waals surface area contributed by atoms with Crippen molar-refractivity contribution in [2.24, 2.45) is 4.99 Å². The van der Waals surface area contributed by atoms with Gasteiger partial charge in [0, 0.05) is 10.6 Å². The number of halogens is 1. The molecule has 0 unspecified atom stereocenters. The van der Waals surface area contributed by atoms with E-state index in [0.29, 0.717) is 23.9 Å². The van der Waals surface area contributed by atoms with Gasteiger partial charge in [0.1, 0.15) is 12.4 Å². The van der Waals surface area contributed by atoms with E-state index >= 15 is 0 Å². The first-order valence-corrected chi connectivity index (χ1v) is 7.40. The number of carbonyl (C=O) groups is 1. The molecule has 0 fully saturated rings. The number of hydrogen-bond donors (Lipinski definition) is 0. The highest BCUT2D eigenvalue weighted by molar-refractivity contribution is 6.31. The molecule has 22 heavy (non-hydrogen) atoms. The average Bonchev–Trinajstić information content (AvgIpc) is 3.03. The molecule has 0 N–H and O–H groups in total. The molecule has 5 heteroatoms. The molecule has 0 atom stereocenters. The second-order valence-corrected chi connectivity index (χ2v) is 5.34. The van der Waals surface area contributed by atoms with Gasteiger partial charge in [-0.25, -0.2) is 4.79 Å². The normalized spacial score (nSPS) is 13.9. The lowest BCUT2D eigenvalue weighted by molar-refractivity contribution is 0.118. The maximum atomic E-state index is 12.3. The van der Waals surface area contributed by atoms with Crippen molar-refractivity contribution in [3.63, 3.8) is 0 Å². The standard InChI is InChI=1S/C17H15ClN2O2/c18-15-8-4-7-14(11-15)16-19-9-10-20(16)17(21)22-12-13-5-2-1-3-6-13/h1-8,11H,9-10,12H2. The first kappa shape index (κ1) is 14.6. The highest BCUT2D eigenvalue weighted by atomic mass is 35.5. The van der Waals surface area contributed by atoms with Crippen LogP contribution in [-0.4, -0.2) is 29.9 Å². The lowest BCUT2D eigenvalue weighted by atomic mass is 10.2. The van der Waals surface area contributed by atoms with Crippen molar-refractivity contribution in [1.82, 2.24) is 4.90 Å². The molecule has 2 aromatic carbocycles. The minimum Gasteiger partial charge on any atom is -0.444 e. The van der Waals surface area contributed by atoms with Gasteiger partial charge in [0.15, 0.2) is 0 Å². The van der Waals surface area contributed by atoms with E-state index in [4.69, 9.17) is 16.3 Å². The molecule has 0 aliphatic carbocycles. The highest BCUT2D eigenvalue weighted by Crippen LogP contribution is 2.17. The van der Waals surface area contributed by atoms with Crippen LogP contribution in [0.2, 0.25) is 5.02 Å². The molecule has 0 bridgehead atoms. The van der Waals surface area contributed by atoms with Crippen molar-refractivity contribution in [3.8, 4) is 0 Å². The Hall–Kier alpha value is -2.33. The van der Waals surface area contributed by atoms with E-state index in [1.807, 2.05) is 42.5 Å². The lowest BCUT2D eigenvalue weighted by Gasteiger charge is -2.18. The van der Waals surface area contributed by atoms with Crippen LogP contribution in [0.5, 0.6) is 0 Å². The number of hydrogen-bond acceptors (Lipinski definition) is 3. The summed E-state index contributed by atoms with van der Waals surface area (Å²) < 4.78 is 5.37. The van der Waals surface area contributed by atoms with Crippen molar-refractivity contribution in [2.75, 3.05) is 13.1 Å². The van der Waals surface area contributed by atoms with Gasteiger partial charge in [0.05, 0.1) is 13.1 Å². The van der Waals surface area contributed by atoms with Crippen LogP contribution >= 0.6 is 11.6 Å². The van der Waals surface area contributed by atoms with Crippen molar-refractivity contribution < 1.29 is 9.53 Å². The molecule has 1 aliphatic rings. The quantitative estimate of drug-likeness (QED) is 0.866. The number of ether oxygens (including phenoxy) is 1. The summed E-state index contributed by atoms with van der Waals surface area (Å²) in [5, 5.41) is 0.615. The van der Waals surface area contributed by atoms with Crippen LogP contribution in [0.3, 0.4) is 0 Å². The monoisotopic (exact) mass is 314 g/mol. The zero-order valence-electron chi connectivity index (χ0n) is 11.9. The Kier molecular flexibility index (Phi) is 4.39. The van der Waals surface area contributed by atoms with Crippen molar-refractivity contribution in [1.29, 1.82) is 0 Å². The molecular formula is C17H15ClN2O2. The van der Waals surface area contributed by atoms with E-state index in [9.17, 15) is 4.79 Å². The molecule has 0 saturated heterocycles. The molecular weight excluding hydrogens is 300 g/mol. The number of aliphatic imine (C=N–C) groups is 1. The van der Waals surface area contributed by atoms with Gasteiger partial charge in [-0.3, -0.25) is 9.89 Å². The third-order valence-electron chi connectivity index (χ3n) is 3.35. The summed E-state index contributed by atoms with van der Waals surface area (Å²) in [6, 6.07) is 16.9. The van der Waals surface area contributed by atoms with Gasteiger partial charge < -0.3 is 4.74 Å². The van der Waals surface area contributed by atoms with Gasteiger partial charge >= 0.3 is 6.09 Å². The SMILES string of the molecule is O=C(OCc1ccccc1)N1CCN=C1c1cccc(Cl)c1. The van der Waals surface area contributed by atoms with Gasteiger partial charge in [0.25, 0.3) is 0 Å². The van der Waals surface area contributed by atoms with Crippen LogP contribution in [0.15, 0.2) is 59.6 Å². The smallest absolute Gasteiger partial charge is 0.415 e. The van der Waals surface area contributed by atoms with Crippen molar-refractivity contribution in [2.45, 2.75) is 6.61 Å². The third kappa shape index (κ3) is 3.28. The molecule has 3 rings (SSSR count). The minimum atomic E-state index is -0.389. The van der Waals surface area contributed by atoms with Crippen molar-refractivity contribution in [3.05, 3.63) is 70.7 Å². The Morgan fingerprint density at radius 1 is 1.18 bits per heavy atom. The van der Waals surface area contributed by atoms with Gasteiger partial charge in [-0.1, -0.05) is 54.1 Å². The topological polar surface area (TPSA) is 41.9 Å². The number of nitrogens with zero attached hydrogens (tertiary/aromatic N) is 2. The molecule has 2 aromatic rings. The number of carbonyl (C=O) groups excluding carboxylic acids is 1. The molecule has 1 aliphatic heterocycles. The second kappa shape index (κ2) is 6.62. The Morgan fingerprint density at radius 3 is 2.77 bits per heavy atom. The summed E-state index contributed by atoms with van der Waals surface area (Å²) in [5.41, 5.74) is 1.78. The minimum absolute atomic E-state index is 0.249. The van der Waals surface area contributed by atoms with Crippen LogP contribution in [0.4, 0.5) is 4.79 Å². The lowest BCUT2D eigenvalue weighted by Crippen LogP contribution is -2.35. The maximum Gasteiger partial charge on any atom is 0.415 e. The molecule has 112 valence electrons. The molecule has 0 spiro atoms. The second-order valence-electron chi connectivity index (χ2n) is 4.91. The zero-order valence-corrected chi connectivity index (χ0v) is 12.7. The molecule has 1 amide bonds. The van der Waals surface area contributed by atoms with Crippen molar-refractivity contribution >= 4 is 23.5 Å². The van der Waals surface area contributed by atoms with Gasteiger partial charge in [0.2, 0.25) is 0 Å². The predicted molar refractivity (Wildman–Crippen MR) is 86.2 cm³/mol. The van der Waals surface area contributed by atoms with E-state index < -0.39 is 0 Å². The Morgan fingerprint density at radius 2 is 2.00 bits per heavy atom. The summed E-state index contributed by atoms with van der Waals surface area (Å²) in [7, 11) is 0. The van der Waals surface area contributed by atoms with Crippen LogP contribution in [0.1, 0.15) is 11.1 Å². The number of rotatable bonds is 3. The molecule has 0 saturated carbocycles. The third-order valence-corrected chi connectivity index (χ3v) is 3.58. The van der Waals surface area contributed by atoms with Gasteiger partial charge in [-0.05, 0) is 17.7 Å². The largest absolute Gasteiger partial charge is 0.444 e. The van der Waals surface area contributed by atoms with Crippen LogP contribution in [0, 0.1) is 0 Å². The number of amides is 1. The molecule has 4 nitrogen and oxygen atoms in total. The Balaban J connectivity index is 1.69. The summed E-state index contributed by atoms with van der Waals surface area (Å²) >= 11 is 6.00. The van der Waals surface area contributed by atoms with Crippen LogP contribution < -0.4 is 0 Å². The molecule has 1 heterocycles. The Bertz CT molecular complexity index is 701. The fraction of sp³-hybridized carbons (Fsp3) is 0.176. The van der Waals surface area contributed by atoms with Crippen LogP contribution in [0.25, 0.3) is 0 Å². The first-order chi connectivity index (χ1) is 10.7. The van der Waals surface area contributed by atoms with E-state index in [2.05, 4.69) is 4.99 Å². The Labute approximate surface area is 134 Å². The fourth-order valence-electron chi connectivity index (χ4n) is 2.30. The number of amidine groups is 1. The molecule has 0 aromatic heterocycles. The van der Waals surface area contributed by atoms with Gasteiger partial charge in [-0.15, -0.1) is 0 Å². The number of benzene rings is 2. The predicted octanol–water partition coefficient (Wildman–Crippen LogP) is 3.74. The van der Waals surface area contributed by atoms with Crippen LogP contribution in [-0.2, 0) is 11.3 Å². The van der Waals surface area contributed by atoms with E-state index in [1.54, 1.807) is 17.0 Å². The van der Waals surface area contributed by atoms with E-state index in [-0.39, 0.29) is 12.7 Å². The fourth-order valence-corrected chi connectivity index (χ4v) is 2.49. The average molecular weight is 315 g/mol. The highest BCUT2D eigenvalue weighted by Gasteiger charge is 2.26. The maximum absolute atomic E-state index is 12.3. The van der Waals surface area contributed by atoms with E-state index in [1.165, 1.54) is 0 Å². The summed E-state index contributed by atoms with van der Waals surface area (Å²) in [6.07, 6.45) is -0.389. The molecule has 0 radical (unpaired) electrons. The van der Waals surface area contributed by atoms with Gasteiger partial charge in [-0.2, -0.15) is 0 Å².